The number of carbonyl (C=O) groups is 1. The highest BCUT2D eigenvalue weighted by molar-refractivity contribution is 7.90. The Morgan fingerprint density at radius 2 is 1.78 bits per heavy atom. The molecule has 4 nitrogen and oxygen atoms in total. The minimum Gasteiger partial charge on any atom is -0.309 e. The normalized spacial score (nSPS) is 11.3. The number of hydrogen-bond donors (Lipinski definition) is 0. The summed E-state index contributed by atoms with van der Waals surface area (Å²) in [6.07, 6.45) is 1.03. The zero-order chi connectivity index (χ0) is 17.2. The van der Waals surface area contributed by atoms with Crippen molar-refractivity contribution >= 4 is 33.0 Å². The molecule has 2 aromatic rings. The predicted octanol–water partition coefficient (Wildman–Crippen LogP) is 3.55. The fraction of sp³-hybridized carbons (Fsp3) is 0.188. The van der Waals surface area contributed by atoms with Crippen molar-refractivity contribution in [2.75, 3.05) is 17.7 Å². The first-order valence-corrected chi connectivity index (χ1v) is 9.08. The van der Waals surface area contributed by atoms with Gasteiger partial charge in [0.2, 0.25) is 0 Å². The van der Waals surface area contributed by atoms with Crippen molar-refractivity contribution in [2.24, 2.45) is 0 Å². The molecule has 0 atom stereocenters. The van der Waals surface area contributed by atoms with Gasteiger partial charge in [-0.2, -0.15) is 0 Å². The van der Waals surface area contributed by atoms with Gasteiger partial charge >= 0.3 is 0 Å². The standard InChI is InChI=1S/C16H15ClFNO3S/c1-3-19(13-7-5-12(18)6-8-13)16(20)11-4-9-14(17)15(10-11)23(2,21)22/h4-10H,3H2,1-2H3. The van der Waals surface area contributed by atoms with Crippen molar-refractivity contribution in [3.8, 4) is 0 Å². The molecule has 1 amide bonds. The minimum atomic E-state index is -3.54. The molecular weight excluding hydrogens is 341 g/mol. The van der Waals surface area contributed by atoms with Crippen LogP contribution in [0.4, 0.5) is 10.1 Å². The van der Waals surface area contributed by atoms with Crippen LogP contribution in [-0.2, 0) is 9.84 Å². The molecule has 0 fully saturated rings. The maximum Gasteiger partial charge on any atom is 0.258 e. The van der Waals surface area contributed by atoms with Crippen LogP contribution < -0.4 is 4.90 Å². The van der Waals surface area contributed by atoms with E-state index in [4.69, 9.17) is 11.6 Å². The number of halogens is 2. The molecule has 0 aliphatic rings. The van der Waals surface area contributed by atoms with Crippen molar-refractivity contribution in [1.82, 2.24) is 0 Å². The zero-order valence-corrected chi connectivity index (χ0v) is 14.2. The first kappa shape index (κ1) is 17.4. The summed E-state index contributed by atoms with van der Waals surface area (Å²) < 4.78 is 36.5. The maximum atomic E-state index is 13.0. The van der Waals surface area contributed by atoms with E-state index in [9.17, 15) is 17.6 Å². The van der Waals surface area contributed by atoms with Crippen LogP contribution in [0.25, 0.3) is 0 Å². The number of hydrogen-bond acceptors (Lipinski definition) is 3. The molecule has 0 saturated carbocycles. The quantitative estimate of drug-likeness (QED) is 0.842. The van der Waals surface area contributed by atoms with E-state index in [1.807, 2.05) is 0 Å². The van der Waals surface area contributed by atoms with Crippen LogP contribution in [0.5, 0.6) is 0 Å². The van der Waals surface area contributed by atoms with E-state index in [1.54, 1.807) is 6.92 Å². The molecule has 2 rings (SSSR count). The van der Waals surface area contributed by atoms with Gasteiger partial charge in [-0.15, -0.1) is 0 Å². The van der Waals surface area contributed by atoms with Crippen molar-refractivity contribution in [3.63, 3.8) is 0 Å². The third-order valence-electron chi connectivity index (χ3n) is 3.28. The van der Waals surface area contributed by atoms with E-state index in [2.05, 4.69) is 0 Å². The molecule has 0 unspecified atom stereocenters. The lowest BCUT2D eigenvalue weighted by molar-refractivity contribution is 0.0988. The Kier molecular flexibility index (Phi) is 5.06. The average molecular weight is 356 g/mol. The van der Waals surface area contributed by atoms with Crippen LogP contribution >= 0.6 is 11.6 Å². The molecule has 23 heavy (non-hydrogen) atoms. The smallest absolute Gasteiger partial charge is 0.258 e. The number of rotatable bonds is 4. The average Bonchev–Trinajstić information content (AvgIpc) is 2.49. The van der Waals surface area contributed by atoms with Crippen LogP contribution in [-0.4, -0.2) is 27.1 Å². The van der Waals surface area contributed by atoms with Crippen molar-refractivity contribution in [1.29, 1.82) is 0 Å². The zero-order valence-electron chi connectivity index (χ0n) is 12.6. The summed E-state index contributed by atoms with van der Waals surface area (Å²) in [5, 5.41) is 0.0638. The monoisotopic (exact) mass is 355 g/mol. The van der Waals surface area contributed by atoms with Crippen molar-refractivity contribution in [2.45, 2.75) is 11.8 Å². The molecule has 2 aromatic carbocycles. The molecule has 0 aliphatic carbocycles. The molecule has 0 aliphatic heterocycles. The lowest BCUT2D eigenvalue weighted by Crippen LogP contribution is -2.30. The van der Waals surface area contributed by atoms with Crippen LogP contribution in [0.15, 0.2) is 47.4 Å². The summed E-state index contributed by atoms with van der Waals surface area (Å²) in [6.45, 7) is 2.12. The number of amides is 1. The number of sulfone groups is 1. The molecule has 0 bridgehead atoms. The van der Waals surface area contributed by atoms with Gasteiger partial charge in [-0.25, -0.2) is 12.8 Å². The highest BCUT2D eigenvalue weighted by Crippen LogP contribution is 2.24. The topological polar surface area (TPSA) is 54.5 Å². The second-order valence-corrected chi connectivity index (χ2v) is 7.33. The van der Waals surface area contributed by atoms with Crippen LogP contribution in [0.3, 0.4) is 0 Å². The Hall–Kier alpha value is -1.92. The van der Waals surface area contributed by atoms with Gasteiger partial charge < -0.3 is 4.90 Å². The first-order valence-electron chi connectivity index (χ1n) is 6.81. The van der Waals surface area contributed by atoms with Gasteiger partial charge in [0.1, 0.15) is 5.82 Å². The summed E-state index contributed by atoms with van der Waals surface area (Å²) in [7, 11) is -3.54. The first-order chi connectivity index (χ1) is 10.7. The van der Waals surface area contributed by atoms with Gasteiger partial charge in [0, 0.05) is 24.1 Å². The summed E-state index contributed by atoms with van der Waals surface area (Å²) in [4.78, 5) is 14.0. The highest BCUT2D eigenvalue weighted by atomic mass is 35.5. The van der Waals surface area contributed by atoms with E-state index < -0.39 is 15.7 Å². The minimum absolute atomic E-state index is 0.0638. The number of nitrogens with zero attached hydrogens (tertiary/aromatic N) is 1. The van der Waals surface area contributed by atoms with E-state index in [0.29, 0.717) is 12.2 Å². The Labute approximate surface area is 139 Å². The van der Waals surface area contributed by atoms with Gasteiger partial charge in [-0.05, 0) is 49.4 Å². The Bertz CT molecular complexity index is 835. The molecule has 0 spiro atoms. The largest absolute Gasteiger partial charge is 0.309 e. The summed E-state index contributed by atoms with van der Waals surface area (Å²) in [5.41, 5.74) is 0.718. The van der Waals surface area contributed by atoms with Crippen molar-refractivity contribution in [3.05, 3.63) is 58.9 Å². The van der Waals surface area contributed by atoms with Gasteiger partial charge in [-0.3, -0.25) is 4.79 Å². The maximum absolute atomic E-state index is 13.0. The lowest BCUT2D eigenvalue weighted by Gasteiger charge is -2.21. The number of anilines is 1. The van der Waals surface area contributed by atoms with E-state index in [0.717, 1.165) is 6.26 Å². The van der Waals surface area contributed by atoms with Gasteiger partial charge in [0.05, 0.1) is 9.92 Å². The Morgan fingerprint density at radius 3 is 2.30 bits per heavy atom. The van der Waals surface area contributed by atoms with Gasteiger partial charge in [0.25, 0.3) is 5.91 Å². The SMILES string of the molecule is CCN(C(=O)c1ccc(Cl)c(S(C)(=O)=O)c1)c1ccc(F)cc1. The van der Waals surface area contributed by atoms with Crippen LogP contribution in [0.2, 0.25) is 5.02 Å². The third kappa shape index (κ3) is 3.89. The molecular formula is C16H15ClFNO3S. The third-order valence-corrected chi connectivity index (χ3v) is 4.86. The lowest BCUT2D eigenvalue weighted by atomic mass is 10.1. The highest BCUT2D eigenvalue weighted by Gasteiger charge is 2.20. The van der Waals surface area contributed by atoms with E-state index in [1.165, 1.54) is 47.4 Å². The molecule has 0 aromatic heterocycles. The second kappa shape index (κ2) is 6.68. The van der Waals surface area contributed by atoms with Crippen LogP contribution in [0.1, 0.15) is 17.3 Å². The van der Waals surface area contributed by atoms with Gasteiger partial charge in [-0.1, -0.05) is 11.6 Å². The summed E-state index contributed by atoms with van der Waals surface area (Å²) in [5.74, 6) is -0.788. The Balaban J connectivity index is 2.44. The molecule has 0 heterocycles. The molecule has 122 valence electrons. The van der Waals surface area contributed by atoms with Gasteiger partial charge in [0.15, 0.2) is 9.84 Å². The summed E-state index contributed by atoms with van der Waals surface area (Å²) >= 11 is 5.89. The molecule has 7 heteroatoms. The number of carbonyl (C=O) groups excluding carboxylic acids is 1. The second-order valence-electron chi connectivity index (χ2n) is 4.94. The molecule has 0 saturated heterocycles. The predicted molar refractivity (Wildman–Crippen MR) is 88.3 cm³/mol. The van der Waals surface area contributed by atoms with Crippen LogP contribution in [0, 0.1) is 5.82 Å². The Morgan fingerprint density at radius 1 is 1.17 bits per heavy atom. The fourth-order valence-electron chi connectivity index (χ4n) is 2.14. The van der Waals surface area contributed by atoms with E-state index >= 15 is 0 Å². The summed E-state index contributed by atoms with van der Waals surface area (Å²) in [6, 6.07) is 9.60. The molecule has 0 radical (unpaired) electrons. The molecule has 0 N–H and O–H groups in total. The van der Waals surface area contributed by atoms with E-state index in [-0.39, 0.29) is 21.4 Å². The fourth-order valence-corrected chi connectivity index (χ4v) is 3.44. The number of benzene rings is 2. The van der Waals surface area contributed by atoms with Crippen molar-refractivity contribution < 1.29 is 17.6 Å².